The summed E-state index contributed by atoms with van der Waals surface area (Å²) in [5.74, 6) is 0. The van der Waals surface area contributed by atoms with Crippen molar-refractivity contribution in [2.75, 3.05) is 18.0 Å². The third kappa shape index (κ3) is 5.31. The molecule has 0 saturated carbocycles. The second kappa shape index (κ2) is 13.5. The summed E-state index contributed by atoms with van der Waals surface area (Å²) < 4.78 is 2.51. The number of rotatable bonds is 10. The first kappa shape index (κ1) is 32.1. The predicted molar refractivity (Wildman–Crippen MR) is 171 cm³/mol. The van der Waals surface area contributed by atoms with Gasteiger partial charge in [0.1, 0.15) is 6.54 Å². The van der Waals surface area contributed by atoms with Crippen molar-refractivity contribution >= 4 is 17.1 Å². The largest absolute Gasteiger partial charge is 1.00 e. The molecule has 0 bridgehead atoms. The molecule has 0 aliphatic carbocycles. The van der Waals surface area contributed by atoms with E-state index < -0.39 is 0 Å². The Balaban J connectivity index is 0.00000441. The van der Waals surface area contributed by atoms with Gasteiger partial charge in [-0.3, -0.25) is 0 Å². The fourth-order valence-corrected chi connectivity index (χ4v) is 7.24. The maximum absolute atomic E-state index is 2.51. The van der Waals surface area contributed by atoms with E-state index in [1.54, 1.807) is 0 Å². The number of hydrogen-bond donors (Lipinski definition) is 0. The van der Waals surface area contributed by atoms with Crippen molar-refractivity contribution in [3.8, 4) is 0 Å². The Hall–Kier alpha value is -2.40. The number of benzene rings is 2. The smallest absolute Gasteiger partial charge is 0.209 e. The van der Waals surface area contributed by atoms with Crippen LogP contribution in [0, 0.1) is 13.8 Å². The summed E-state index contributed by atoms with van der Waals surface area (Å²) in [7, 11) is 0. The third-order valence-electron chi connectivity index (χ3n) is 9.48. The van der Waals surface area contributed by atoms with Crippen LogP contribution in [0.5, 0.6) is 0 Å². The van der Waals surface area contributed by atoms with Crippen LogP contribution in [0.4, 0.5) is 11.4 Å². The van der Waals surface area contributed by atoms with Crippen LogP contribution in [0.2, 0.25) is 0 Å². The standard InChI is InChI=1S/C37H49N2.HI/c1-9-36(10-2)30-26-28(7)22-24-32(30)38(13-5)34(36)20-18-16-15-17-19-21-35-37(11-3,12-4)31-27-29(8)23-25-33(31)39(35)14-6;/h15-27H,9-14H2,1-8H3;1H/q+1;/p-1. The Labute approximate surface area is 261 Å². The lowest BCUT2D eigenvalue weighted by Gasteiger charge is -2.31. The van der Waals surface area contributed by atoms with E-state index in [1.165, 1.54) is 45.0 Å². The number of nitrogens with zero attached hydrogens (tertiary/aromatic N) is 2. The lowest BCUT2D eigenvalue weighted by molar-refractivity contribution is -0.433. The second-order valence-corrected chi connectivity index (χ2v) is 11.2. The molecule has 40 heavy (non-hydrogen) atoms. The zero-order chi connectivity index (χ0) is 28.2. The van der Waals surface area contributed by atoms with Gasteiger partial charge in [0.05, 0.1) is 5.41 Å². The van der Waals surface area contributed by atoms with Crippen LogP contribution in [-0.4, -0.2) is 23.4 Å². The molecule has 4 rings (SSSR count). The lowest BCUT2D eigenvalue weighted by atomic mass is 9.73. The van der Waals surface area contributed by atoms with Gasteiger partial charge in [-0.15, -0.1) is 0 Å². The molecule has 0 fully saturated rings. The molecule has 0 unspecified atom stereocenters. The molecule has 2 aromatic rings. The first-order valence-electron chi connectivity index (χ1n) is 15.2. The van der Waals surface area contributed by atoms with Crippen molar-refractivity contribution in [3.05, 3.63) is 107 Å². The number of anilines is 1. The summed E-state index contributed by atoms with van der Waals surface area (Å²) in [6.45, 7) is 20.3. The molecule has 0 aromatic heterocycles. The fourth-order valence-electron chi connectivity index (χ4n) is 7.24. The Morgan fingerprint density at radius 2 is 1.27 bits per heavy atom. The third-order valence-corrected chi connectivity index (χ3v) is 9.48. The predicted octanol–water partition coefficient (Wildman–Crippen LogP) is 6.63. The first-order valence-corrected chi connectivity index (χ1v) is 15.2. The monoisotopic (exact) mass is 648 g/mol. The van der Waals surface area contributed by atoms with Crippen LogP contribution in [0.1, 0.15) is 89.5 Å². The Morgan fingerprint density at radius 3 is 1.88 bits per heavy atom. The van der Waals surface area contributed by atoms with Crippen molar-refractivity contribution in [2.24, 2.45) is 0 Å². The molecule has 0 atom stereocenters. The van der Waals surface area contributed by atoms with E-state index in [4.69, 9.17) is 0 Å². The van der Waals surface area contributed by atoms with Gasteiger partial charge < -0.3 is 28.9 Å². The van der Waals surface area contributed by atoms with E-state index >= 15 is 0 Å². The van der Waals surface area contributed by atoms with E-state index in [0.29, 0.717) is 0 Å². The molecule has 2 aliphatic rings. The molecule has 0 amide bonds. The van der Waals surface area contributed by atoms with Gasteiger partial charge in [0.15, 0.2) is 5.71 Å². The summed E-state index contributed by atoms with van der Waals surface area (Å²) in [5.41, 5.74) is 11.5. The highest BCUT2D eigenvalue weighted by Gasteiger charge is 2.48. The molecule has 0 saturated heterocycles. The summed E-state index contributed by atoms with van der Waals surface area (Å²) in [5, 5.41) is 0. The van der Waals surface area contributed by atoms with E-state index in [2.05, 4.69) is 144 Å². The quantitative estimate of drug-likeness (QED) is 0.159. The molecule has 0 radical (unpaired) electrons. The molecule has 3 heteroatoms. The minimum atomic E-state index is 0. The lowest BCUT2D eigenvalue weighted by Crippen LogP contribution is -3.00. The van der Waals surface area contributed by atoms with Gasteiger partial charge in [-0.25, -0.2) is 0 Å². The number of hydrogen-bond acceptors (Lipinski definition) is 1. The molecular formula is C37H49IN2. The Bertz CT molecular complexity index is 1350. The highest BCUT2D eigenvalue weighted by Crippen LogP contribution is 2.52. The first-order chi connectivity index (χ1) is 18.9. The van der Waals surface area contributed by atoms with Gasteiger partial charge in [-0.05, 0) is 77.2 Å². The SMILES string of the molecule is CCN1\C(=C/C=C/C=C/C=C/C2=[N+](CC)c3ccc(C)cc3C2(CC)CC)C(CC)(CC)c2cc(C)ccc21.[I-]. The van der Waals surface area contributed by atoms with Crippen LogP contribution >= 0.6 is 0 Å². The van der Waals surface area contributed by atoms with Gasteiger partial charge in [-0.1, -0.05) is 87.4 Å². The van der Waals surface area contributed by atoms with Crippen LogP contribution in [-0.2, 0) is 10.8 Å². The maximum Gasteiger partial charge on any atom is 0.209 e. The zero-order valence-electron chi connectivity index (χ0n) is 26.0. The van der Waals surface area contributed by atoms with Crippen molar-refractivity contribution in [3.63, 3.8) is 0 Å². The van der Waals surface area contributed by atoms with Gasteiger partial charge in [-0.2, -0.15) is 4.58 Å². The van der Waals surface area contributed by atoms with E-state index in [0.717, 1.165) is 38.8 Å². The highest BCUT2D eigenvalue weighted by atomic mass is 127. The molecule has 2 nitrogen and oxygen atoms in total. The Kier molecular flexibility index (Phi) is 10.8. The van der Waals surface area contributed by atoms with Crippen LogP contribution in [0.25, 0.3) is 0 Å². The average Bonchev–Trinajstić information content (AvgIpc) is 3.37. The average molecular weight is 649 g/mol. The van der Waals surface area contributed by atoms with Gasteiger partial charge >= 0.3 is 0 Å². The van der Waals surface area contributed by atoms with E-state index in [9.17, 15) is 0 Å². The summed E-state index contributed by atoms with van der Waals surface area (Å²) in [4.78, 5) is 2.51. The van der Waals surface area contributed by atoms with Gasteiger partial charge in [0.2, 0.25) is 5.69 Å². The number of halogens is 1. The van der Waals surface area contributed by atoms with Crippen molar-refractivity contribution in [2.45, 2.75) is 91.9 Å². The minimum Gasteiger partial charge on any atom is -1.00 e. The topological polar surface area (TPSA) is 6.25 Å². The molecule has 214 valence electrons. The van der Waals surface area contributed by atoms with Crippen molar-refractivity contribution < 1.29 is 28.6 Å². The number of aryl methyl sites for hydroxylation is 2. The summed E-state index contributed by atoms with van der Waals surface area (Å²) >= 11 is 0. The normalized spacial score (nSPS) is 18.4. The Morgan fingerprint density at radius 1 is 0.700 bits per heavy atom. The summed E-state index contributed by atoms with van der Waals surface area (Å²) in [6.07, 6.45) is 20.1. The van der Waals surface area contributed by atoms with E-state index in [1.807, 2.05) is 0 Å². The van der Waals surface area contributed by atoms with Crippen molar-refractivity contribution in [1.82, 2.24) is 0 Å². The summed E-state index contributed by atoms with van der Waals surface area (Å²) in [6, 6.07) is 13.9. The fraction of sp³-hybridized carbons (Fsp3) is 0.432. The molecule has 0 N–H and O–H groups in total. The van der Waals surface area contributed by atoms with Crippen LogP contribution in [0.15, 0.2) is 84.6 Å². The molecule has 2 heterocycles. The molecule has 2 aliphatic heterocycles. The maximum atomic E-state index is 2.51. The molecule has 2 aromatic carbocycles. The zero-order valence-corrected chi connectivity index (χ0v) is 28.2. The number of allylic oxidation sites excluding steroid dienone is 8. The number of fused-ring (bicyclic) bond motifs is 2. The van der Waals surface area contributed by atoms with Crippen LogP contribution < -0.4 is 28.9 Å². The molecule has 0 spiro atoms. The van der Waals surface area contributed by atoms with Gasteiger partial charge in [0, 0.05) is 41.1 Å². The molecular weight excluding hydrogens is 599 g/mol. The highest BCUT2D eigenvalue weighted by molar-refractivity contribution is 6.03. The number of likely N-dealkylation sites (N-methyl/N-ethyl adjacent to an activating group) is 1. The van der Waals surface area contributed by atoms with Crippen molar-refractivity contribution in [1.29, 1.82) is 0 Å². The van der Waals surface area contributed by atoms with Gasteiger partial charge in [0.25, 0.3) is 0 Å². The minimum absolute atomic E-state index is 0. The second-order valence-electron chi connectivity index (χ2n) is 11.2. The van der Waals surface area contributed by atoms with E-state index in [-0.39, 0.29) is 34.8 Å². The van der Waals surface area contributed by atoms with Crippen LogP contribution in [0.3, 0.4) is 0 Å².